The number of likely N-dealkylation sites (N-methyl/N-ethyl adjacent to an activating group) is 1. The smallest absolute Gasteiger partial charge is 0.407 e. The molecule has 0 spiro atoms. The second kappa shape index (κ2) is 10.7. The lowest BCUT2D eigenvalue weighted by Crippen LogP contribution is -2.49. The molecule has 4 rings (SSSR count). The number of halogens is 1. The van der Waals surface area contributed by atoms with Crippen LogP contribution in [-0.4, -0.2) is 54.2 Å². The molecule has 0 fully saturated rings. The second-order valence-electron chi connectivity index (χ2n) is 8.44. The van der Waals surface area contributed by atoms with Gasteiger partial charge in [0.25, 0.3) is 0 Å². The van der Waals surface area contributed by atoms with Crippen LogP contribution in [0.25, 0.3) is 11.1 Å². The van der Waals surface area contributed by atoms with Gasteiger partial charge in [-0.15, -0.1) is 0 Å². The van der Waals surface area contributed by atoms with Crippen LogP contribution in [0.4, 0.5) is 4.79 Å². The minimum atomic E-state index is -1.13. The van der Waals surface area contributed by atoms with Crippen LogP contribution in [0.1, 0.15) is 22.6 Å². The van der Waals surface area contributed by atoms with Crippen molar-refractivity contribution in [2.45, 2.75) is 18.4 Å². The summed E-state index contributed by atoms with van der Waals surface area (Å²) in [5, 5.41) is 11.7. The van der Waals surface area contributed by atoms with Crippen LogP contribution in [0.3, 0.4) is 0 Å². The Balaban J connectivity index is 1.47. The van der Waals surface area contributed by atoms with Crippen LogP contribution in [0.2, 0.25) is 0 Å². The summed E-state index contributed by atoms with van der Waals surface area (Å²) in [6.07, 6.45) is -0.536. The normalized spacial score (nSPS) is 12.9. The molecule has 180 valence electrons. The number of alkyl carbamates (subject to hydrolysis) is 1. The number of hydrogen-bond acceptors (Lipinski definition) is 4. The van der Waals surface area contributed by atoms with Crippen molar-refractivity contribution in [3.05, 3.63) is 94.0 Å². The highest BCUT2D eigenvalue weighted by atomic mass is 79.9. The summed E-state index contributed by atoms with van der Waals surface area (Å²) in [6.45, 7) is -0.355. The largest absolute Gasteiger partial charge is 0.480 e. The number of rotatable bonds is 8. The monoisotopic (exact) mass is 536 g/mol. The molecule has 0 radical (unpaired) electrons. The minimum Gasteiger partial charge on any atom is -0.480 e. The molecule has 0 unspecified atom stereocenters. The fraction of sp³-hybridized carbons (Fsp3) is 0.222. The Hall–Kier alpha value is -3.65. The lowest BCUT2D eigenvalue weighted by Gasteiger charge is -2.24. The minimum absolute atomic E-state index is 0.108. The van der Waals surface area contributed by atoms with E-state index in [1.165, 1.54) is 7.05 Å². The van der Waals surface area contributed by atoms with E-state index in [2.05, 4.69) is 33.4 Å². The molecule has 2 amide bonds. The number of carboxylic acids is 1. The summed E-state index contributed by atoms with van der Waals surface area (Å²) in [5.41, 5.74) is 5.23. The number of carbonyl (C=O) groups excluding carboxylic acids is 2. The summed E-state index contributed by atoms with van der Waals surface area (Å²) in [5.74, 6) is -1.75. The van der Waals surface area contributed by atoms with Gasteiger partial charge in [-0.05, 0) is 39.9 Å². The molecule has 35 heavy (non-hydrogen) atoms. The second-order valence-corrected chi connectivity index (χ2v) is 9.36. The zero-order valence-electron chi connectivity index (χ0n) is 19.1. The molecule has 1 aliphatic carbocycles. The van der Waals surface area contributed by atoms with Gasteiger partial charge in [0.15, 0.2) is 0 Å². The number of fused-ring (bicyclic) bond motifs is 3. The summed E-state index contributed by atoms with van der Waals surface area (Å²) < 4.78 is 6.48. The fourth-order valence-corrected chi connectivity index (χ4v) is 4.65. The number of carbonyl (C=O) groups is 3. The molecule has 2 N–H and O–H groups in total. The Bertz CT molecular complexity index is 1200. The molecule has 8 heteroatoms. The molecular formula is C27H25BrN2O5. The first kappa shape index (κ1) is 24.5. The molecule has 0 saturated heterocycles. The summed E-state index contributed by atoms with van der Waals surface area (Å²) in [6, 6.07) is 22.4. The third-order valence-electron chi connectivity index (χ3n) is 6.04. The topological polar surface area (TPSA) is 95.9 Å². The highest BCUT2D eigenvalue weighted by Gasteiger charge is 2.30. The van der Waals surface area contributed by atoms with Gasteiger partial charge in [-0.3, -0.25) is 9.59 Å². The van der Waals surface area contributed by atoms with Crippen molar-refractivity contribution in [3.8, 4) is 11.1 Å². The average Bonchev–Trinajstić information content (AvgIpc) is 3.16. The number of amides is 2. The summed E-state index contributed by atoms with van der Waals surface area (Å²) in [4.78, 5) is 37.9. The molecule has 1 aliphatic rings. The Morgan fingerprint density at radius 2 is 1.54 bits per heavy atom. The first-order valence-electron chi connectivity index (χ1n) is 11.2. The van der Waals surface area contributed by atoms with Gasteiger partial charge in [-0.1, -0.05) is 76.6 Å². The molecule has 0 aliphatic heterocycles. The first-order chi connectivity index (χ1) is 16.8. The number of nitrogens with one attached hydrogen (secondary N) is 1. The van der Waals surface area contributed by atoms with Crippen molar-refractivity contribution in [1.29, 1.82) is 0 Å². The maximum atomic E-state index is 13.0. The van der Waals surface area contributed by atoms with Crippen LogP contribution in [0, 0.1) is 0 Å². The zero-order valence-corrected chi connectivity index (χ0v) is 20.7. The molecule has 3 aromatic carbocycles. The average molecular weight is 537 g/mol. The number of benzene rings is 3. The van der Waals surface area contributed by atoms with E-state index in [4.69, 9.17) is 9.84 Å². The summed E-state index contributed by atoms with van der Waals surface area (Å²) in [7, 11) is 1.39. The lowest BCUT2D eigenvalue weighted by molar-refractivity contribution is -0.144. The number of hydrogen-bond donors (Lipinski definition) is 2. The van der Waals surface area contributed by atoms with Crippen LogP contribution >= 0.6 is 15.9 Å². The molecule has 1 atom stereocenters. The van der Waals surface area contributed by atoms with E-state index in [0.717, 1.165) is 37.2 Å². The highest BCUT2D eigenvalue weighted by molar-refractivity contribution is 9.10. The Morgan fingerprint density at radius 3 is 2.11 bits per heavy atom. The molecule has 3 aromatic rings. The van der Waals surface area contributed by atoms with Crippen molar-refractivity contribution < 1.29 is 24.2 Å². The van der Waals surface area contributed by atoms with E-state index >= 15 is 0 Å². The van der Waals surface area contributed by atoms with Gasteiger partial charge in [-0.2, -0.15) is 0 Å². The number of carboxylic acid groups (broad SMARTS) is 1. The van der Waals surface area contributed by atoms with Gasteiger partial charge in [0, 0.05) is 23.9 Å². The van der Waals surface area contributed by atoms with Gasteiger partial charge in [0.2, 0.25) is 5.91 Å². The van der Waals surface area contributed by atoms with Gasteiger partial charge < -0.3 is 20.1 Å². The maximum Gasteiger partial charge on any atom is 0.407 e. The van der Waals surface area contributed by atoms with E-state index in [-0.39, 0.29) is 18.9 Å². The van der Waals surface area contributed by atoms with Crippen LogP contribution < -0.4 is 5.32 Å². The quantitative estimate of drug-likeness (QED) is 0.443. The number of ether oxygens (including phenoxy) is 1. The van der Waals surface area contributed by atoms with E-state index < -0.39 is 30.6 Å². The molecule has 0 bridgehead atoms. The molecule has 0 saturated carbocycles. The van der Waals surface area contributed by atoms with E-state index in [0.29, 0.717) is 0 Å². The third kappa shape index (κ3) is 5.71. The predicted octanol–water partition coefficient (Wildman–Crippen LogP) is 4.44. The van der Waals surface area contributed by atoms with Crippen molar-refractivity contribution in [1.82, 2.24) is 10.2 Å². The molecular weight excluding hydrogens is 512 g/mol. The van der Waals surface area contributed by atoms with E-state index in [1.807, 2.05) is 60.7 Å². The first-order valence-corrected chi connectivity index (χ1v) is 12.0. The molecule has 7 nitrogen and oxygen atoms in total. The lowest BCUT2D eigenvalue weighted by atomic mass is 9.98. The molecule has 0 heterocycles. The van der Waals surface area contributed by atoms with E-state index in [1.54, 1.807) is 0 Å². The molecule has 0 aromatic heterocycles. The number of nitrogens with zero attached hydrogens (tertiary/aromatic N) is 1. The van der Waals surface area contributed by atoms with Gasteiger partial charge in [-0.25, -0.2) is 4.79 Å². The van der Waals surface area contributed by atoms with Crippen molar-refractivity contribution in [2.24, 2.45) is 0 Å². The predicted molar refractivity (Wildman–Crippen MR) is 135 cm³/mol. The van der Waals surface area contributed by atoms with Crippen molar-refractivity contribution in [2.75, 3.05) is 20.2 Å². The van der Waals surface area contributed by atoms with E-state index in [9.17, 15) is 14.4 Å². The van der Waals surface area contributed by atoms with Crippen molar-refractivity contribution in [3.63, 3.8) is 0 Å². The van der Waals surface area contributed by atoms with Crippen LogP contribution in [-0.2, 0) is 20.7 Å². The third-order valence-corrected chi connectivity index (χ3v) is 6.56. The highest BCUT2D eigenvalue weighted by Crippen LogP contribution is 2.44. The zero-order chi connectivity index (χ0) is 24.9. The Labute approximate surface area is 211 Å². The van der Waals surface area contributed by atoms with Crippen LogP contribution in [0.5, 0.6) is 0 Å². The Morgan fingerprint density at radius 1 is 0.971 bits per heavy atom. The maximum absolute atomic E-state index is 13.0. The standard InChI is InChI=1S/C27H25BrN2O5/c1-30(15-25(31)32)26(33)24(14-17-10-12-18(28)13-11-17)29-27(34)35-16-23-21-8-4-2-6-19(21)20-7-3-5-9-22(20)23/h2-13,23-24H,14-16H2,1H3,(H,29,34)(H,31,32)/t24-/m1/s1. The van der Waals surface area contributed by atoms with Crippen LogP contribution in [0.15, 0.2) is 77.3 Å². The SMILES string of the molecule is CN(CC(=O)O)C(=O)[C@@H](Cc1ccc(Br)cc1)NC(=O)OCC1c2ccccc2-c2ccccc21. The van der Waals surface area contributed by atoms with Gasteiger partial charge in [0.05, 0.1) is 0 Å². The van der Waals surface area contributed by atoms with Gasteiger partial charge in [0.1, 0.15) is 19.2 Å². The van der Waals surface area contributed by atoms with Crippen molar-refractivity contribution >= 4 is 33.9 Å². The van der Waals surface area contributed by atoms with Gasteiger partial charge >= 0.3 is 12.1 Å². The summed E-state index contributed by atoms with van der Waals surface area (Å²) >= 11 is 3.38. The fourth-order valence-electron chi connectivity index (χ4n) is 4.39. The number of aliphatic carboxylic acids is 1. The Kier molecular flexibility index (Phi) is 7.51.